The van der Waals surface area contributed by atoms with Gasteiger partial charge in [0.2, 0.25) is 5.91 Å². The number of nitrogens with one attached hydrogen (secondary N) is 1. The van der Waals surface area contributed by atoms with Gasteiger partial charge in [0.05, 0.1) is 0 Å². The van der Waals surface area contributed by atoms with E-state index in [0.717, 1.165) is 11.1 Å². The molecular weight excluding hydrogens is 242 g/mol. The quantitative estimate of drug-likeness (QED) is 0.856. The van der Waals surface area contributed by atoms with Crippen molar-refractivity contribution in [3.63, 3.8) is 0 Å². The lowest BCUT2D eigenvalue weighted by molar-refractivity contribution is -0.146. The standard InChI is InChI=1S/C15H21NO3/c1-10-5-6-12(11(2)9-10)7-8-13(17)16-15(3,4)14(18)19/h5-6,9H,7-8H2,1-4H3,(H,16,17)(H,18,19). The maximum atomic E-state index is 11.7. The smallest absolute Gasteiger partial charge is 0.328 e. The van der Waals surface area contributed by atoms with Crippen molar-refractivity contribution in [3.05, 3.63) is 34.9 Å². The molecule has 0 bridgehead atoms. The highest BCUT2D eigenvalue weighted by molar-refractivity contribution is 5.86. The molecular formula is C15H21NO3. The minimum absolute atomic E-state index is 0.243. The Labute approximate surface area is 113 Å². The first-order chi connectivity index (χ1) is 8.72. The number of aryl methyl sites for hydroxylation is 3. The number of hydrogen-bond donors (Lipinski definition) is 2. The fraction of sp³-hybridized carbons (Fsp3) is 0.467. The first kappa shape index (κ1) is 15.2. The van der Waals surface area contributed by atoms with Gasteiger partial charge in [0.25, 0.3) is 0 Å². The van der Waals surface area contributed by atoms with Gasteiger partial charge < -0.3 is 10.4 Å². The number of carbonyl (C=O) groups excluding carboxylic acids is 1. The van der Waals surface area contributed by atoms with E-state index in [4.69, 9.17) is 5.11 Å². The van der Waals surface area contributed by atoms with Crippen molar-refractivity contribution in [3.8, 4) is 0 Å². The van der Waals surface area contributed by atoms with Crippen LogP contribution in [0.4, 0.5) is 0 Å². The third-order valence-electron chi connectivity index (χ3n) is 3.11. The van der Waals surface area contributed by atoms with E-state index in [1.54, 1.807) is 0 Å². The summed E-state index contributed by atoms with van der Waals surface area (Å²) in [5.74, 6) is -1.28. The third kappa shape index (κ3) is 4.39. The lowest BCUT2D eigenvalue weighted by Crippen LogP contribution is -2.49. The van der Waals surface area contributed by atoms with Crippen LogP contribution in [0.1, 0.15) is 37.0 Å². The van der Waals surface area contributed by atoms with Gasteiger partial charge in [-0.3, -0.25) is 4.79 Å². The molecule has 1 rings (SSSR count). The van der Waals surface area contributed by atoms with Crippen molar-refractivity contribution < 1.29 is 14.7 Å². The highest BCUT2D eigenvalue weighted by Gasteiger charge is 2.28. The zero-order valence-corrected chi connectivity index (χ0v) is 11.9. The van der Waals surface area contributed by atoms with Crippen LogP contribution in [0.5, 0.6) is 0 Å². The molecule has 0 spiro atoms. The van der Waals surface area contributed by atoms with E-state index >= 15 is 0 Å². The van der Waals surface area contributed by atoms with E-state index in [0.29, 0.717) is 12.8 Å². The number of benzene rings is 1. The molecule has 0 atom stereocenters. The molecule has 0 aliphatic carbocycles. The zero-order valence-electron chi connectivity index (χ0n) is 11.9. The van der Waals surface area contributed by atoms with Crippen LogP contribution in [0, 0.1) is 13.8 Å². The van der Waals surface area contributed by atoms with Crippen LogP contribution < -0.4 is 5.32 Å². The first-order valence-corrected chi connectivity index (χ1v) is 6.33. The summed E-state index contributed by atoms with van der Waals surface area (Å²) >= 11 is 0. The van der Waals surface area contributed by atoms with Gasteiger partial charge in [-0.05, 0) is 45.2 Å². The summed E-state index contributed by atoms with van der Waals surface area (Å²) in [4.78, 5) is 22.6. The van der Waals surface area contributed by atoms with Gasteiger partial charge in [0.15, 0.2) is 0 Å². The van der Waals surface area contributed by atoms with Crippen molar-refractivity contribution >= 4 is 11.9 Å². The molecule has 0 aromatic heterocycles. The van der Waals surface area contributed by atoms with Crippen molar-refractivity contribution in [2.24, 2.45) is 0 Å². The molecule has 1 aromatic rings. The van der Waals surface area contributed by atoms with Crippen molar-refractivity contribution in [1.29, 1.82) is 0 Å². The Morgan fingerprint density at radius 1 is 1.26 bits per heavy atom. The van der Waals surface area contributed by atoms with Crippen LogP contribution in [0.15, 0.2) is 18.2 Å². The largest absolute Gasteiger partial charge is 0.480 e. The van der Waals surface area contributed by atoms with Crippen LogP contribution in [-0.2, 0) is 16.0 Å². The summed E-state index contributed by atoms with van der Waals surface area (Å²) in [5, 5.41) is 11.5. The number of carbonyl (C=O) groups is 2. The molecule has 4 heteroatoms. The summed E-state index contributed by atoms with van der Waals surface area (Å²) in [6, 6.07) is 6.11. The second-order valence-corrected chi connectivity index (χ2v) is 5.41. The molecule has 0 aliphatic rings. The van der Waals surface area contributed by atoms with E-state index in [2.05, 4.69) is 11.4 Å². The van der Waals surface area contributed by atoms with Gasteiger partial charge in [-0.1, -0.05) is 23.8 Å². The average Bonchev–Trinajstić information content (AvgIpc) is 2.27. The third-order valence-corrected chi connectivity index (χ3v) is 3.11. The minimum Gasteiger partial charge on any atom is -0.480 e. The lowest BCUT2D eigenvalue weighted by Gasteiger charge is -2.21. The fourth-order valence-corrected chi connectivity index (χ4v) is 1.84. The SMILES string of the molecule is Cc1ccc(CCC(=O)NC(C)(C)C(=O)O)c(C)c1. The Kier molecular flexibility index (Phi) is 4.70. The maximum Gasteiger partial charge on any atom is 0.328 e. The van der Waals surface area contributed by atoms with Crippen LogP contribution >= 0.6 is 0 Å². The first-order valence-electron chi connectivity index (χ1n) is 6.33. The van der Waals surface area contributed by atoms with Crippen molar-refractivity contribution in [2.45, 2.75) is 46.1 Å². The van der Waals surface area contributed by atoms with Crippen molar-refractivity contribution in [2.75, 3.05) is 0 Å². The molecule has 0 unspecified atom stereocenters. The Balaban J connectivity index is 2.57. The molecule has 104 valence electrons. The molecule has 4 nitrogen and oxygen atoms in total. The van der Waals surface area contributed by atoms with Crippen LogP contribution in [0.3, 0.4) is 0 Å². The molecule has 0 radical (unpaired) electrons. The molecule has 0 saturated heterocycles. The second kappa shape index (κ2) is 5.87. The van der Waals surface area contributed by atoms with E-state index in [1.165, 1.54) is 19.4 Å². The van der Waals surface area contributed by atoms with Gasteiger partial charge >= 0.3 is 5.97 Å². The highest BCUT2D eigenvalue weighted by atomic mass is 16.4. The zero-order chi connectivity index (χ0) is 14.6. The highest BCUT2D eigenvalue weighted by Crippen LogP contribution is 2.13. The summed E-state index contributed by atoms with van der Waals surface area (Å²) in [6.07, 6.45) is 0.911. The molecule has 1 aromatic carbocycles. The Bertz CT molecular complexity index is 492. The van der Waals surface area contributed by atoms with Gasteiger partial charge in [0.1, 0.15) is 5.54 Å². The Morgan fingerprint density at radius 2 is 1.89 bits per heavy atom. The van der Waals surface area contributed by atoms with Crippen LogP contribution in [-0.4, -0.2) is 22.5 Å². The van der Waals surface area contributed by atoms with Crippen molar-refractivity contribution in [1.82, 2.24) is 5.32 Å². The molecule has 2 N–H and O–H groups in total. The Hall–Kier alpha value is -1.84. The summed E-state index contributed by atoms with van der Waals surface area (Å²) in [6.45, 7) is 7.00. The topological polar surface area (TPSA) is 66.4 Å². The van der Waals surface area contributed by atoms with E-state index in [-0.39, 0.29) is 5.91 Å². The predicted octanol–water partition coefficient (Wildman–Crippen LogP) is 2.22. The Morgan fingerprint density at radius 3 is 2.42 bits per heavy atom. The van der Waals surface area contributed by atoms with Gasteiger partial charge in [-0.2, -0.15) is 0 Å². The predicted molar refractivity (Wildman–Crippen MR) is 74.1 cm³/mol. The molecule has 0 fully saturated rings. The fourth-order valence-electron chi connectivity index (χ4n) is 1.84. The summed E-state index contributed by atoms with van der Waals surface area (Å²) < 4.78 is 0. The van der Waals surface area contributed by atoms with Crippen LogP contribution in [0.2, 0.25) is 0 Å². The number of rotatable bonds is 5. The summed E-state index contributed by atoms with van der Waals surface area (Å²) in [7, 11) is 0. The average molecular weight is 263 g/mol. The molecule has 19 heavy (non-hydrogen) atoms. The molecule has 0 heterocycles. The minimum atomic E-state index is -1.22. The molecule has 0 saturated carbocycles. The maximum absolute atomic E-state index is 11.7. The van der Waals surface area contributed by atoms with E-state index in [9.17, 15) is 9.59 Å². The number of amides is 1. The normalized spacial score (nSPS) is 11.2. The molecule has 0 aliphatic heterocycles. The number of carboxylic acid groups (broad SMARTS) is 1. The lowest BCUT2D eigenvalue weighted by atomic mass is 10.0. The second-order valence-electron chi connectivity index (χ2n) is 5.41. The van der Waals surface area contributed by atoms with Crippen LogP contribution in [0.25, 0.3) is 0 Å². The van der Waals surface area contributed by atoms with Gasteiger partial charge in [-0.15, -0.1) is 0 Å². The number of carboxylic acids is 1. The van der Waals surface area contributed by atoms with E-state index in [1.807, 2.05) is 26.0 Å². The number of hydrogen-bond acceptors (Lipinski definition) is 2. The molecule has 1 amide bonds. The van der Waals surface area contributed by atoms with E-state index < -0.39 is 11.5 Å². The monoisotopic (exact) mass is 263 g/mol. The summed E-state index contributed by atoms with van der Waals surface area (Å²) in [5.41, 5.74) is 2.25. The van der Waals surface area contributed by atoms with Gasteiger partial charge in [-0.25, -0.2) is 4.79 Å². The number of aliphatic carboxylic acids is 1. The van der Waals surface area contributed by atoms with Gasteiger partial charge in [0, 0.05) is 6.42 Å².